The highest BCUT2D eigenvalue weighted by molar-refractivity contribution is 7.80. The van der Waals surface area contributed by atoms with Crippen molar-refractivity contribution < 1.29 is 0 Å². The second-order valence-corrected chi connectivity index (χ2v) is 7.51. The summed E-state index contributed by atoms with van der Waals surface area (Å²) in [4.78, 5) is 0.830. The molecular weight excluding hydrogens is 348 g/mol. The summed E-state index contributed by atoms with van der Waals surface area (Å²) in [5.41, 5.74) is 15.3. The van der Waals surface area contributed by atoms with Gasteiger partial charge < -0.3 is 11.1 Å². The number of thiol groups is 1. The molecule has 3 aromatic rings. The summed E-state index contributed by atoms with van der Waals surface area (Å²) in [7, 11) is 0. The van der Waals surface area contributed by atoms with E-state index in [1.54, 1.807) is 0 Å². The normalized spacial score (nSPS) is 10.1. The van der Waals surface area contributed by atoms with Crippen LogP contribution in [0.5, 0.6) is 0 Å². The fourth-order valence-corrected chi connectivity index (χ4v) is 3.01. The fourth-order valence-electron chi connectivity index (χ4n) is 2.70. The van der Waals surface area contributed by atoms with Crippen LogP contribution in [0.3, 0.4) is 0 Å². The largest absolute Gasteiger partial charge is 0.398 e. The third-order valence-corrected chi connectivity index (χ3v) is 5.30. The van der Waals surface area contributed by atoms with Crippen molar-refractivity contribution in [2.75, 3.05) is 11.1 Å². The maximum atomic E-state index is 6.07. The highest BCUT2D eigenvalue weighted by atomic mass is 32.1. The Bertz CT molecular complexity index is 878. The van der Waals surface area contributed by atoms with Crippen LogP contribution in [-0.4, -0.2) is 0 Å². The molecule has 0 unspecified atom stereocenters. The molecule has 3 N–H and O–H groups in total. The Morgan fingerprint density at radius 2 is 1.37 bits per heavy atom. The van der Waals surface area contributed by atoms with E-state index in [1.807, 2.05) is 6.92 Å². The van der Waals surface area contributed by atoms with E-state index in [0.717, 1.165) is 28.4 Å². The standard InChI is InChI=1S/C16H20N2S.C8H10/c1-10-6-4-5-7-13(10)9-18-14-8-11(2)12(3)15(17)16(14)19;1-7-3-5-8(2)6-4-7/h4-8,18-19H,9,17H2,1-3H3;3-6H,1-2H3. The first-order valence-corrected chi connectivity index (χ1v) is 9.64. The molecule has 3 heteroatoms. The lowest BCUT2D eigenvalue weighted by Crippen LogP contribution is -2.05. The first-order valence-electron chi connectivity index (χ1n) is 9.20. The second kappa shape index (κ2) is 9.52. The smallest absolute Gasteiger partial charge is 0.0506 e. The highest BCUT2D eigenvalue weighted by Crippen LogP contribution is 2.32. The van der Waals surface area contributed by atoms with Crippen LogP contribution in [0.15, 0.2) is 59.5 Å². The molecule has 0 radical (unpaired) electrons. The Labute approximate surface area is 169 Å². The average molecular weight is 379 g/mol. The van der Waals surface area contributed by atoms with Gasteiger partial charge in [0.25, 0.3) is 0 Å². The molecule has 0 saturated heterocycles. The van der Waals surface area contributed by atoms with Gasteiger partial charge in [-0.05, 0) is 62.9 Å². The van der Waals surface area contributed by atoms with E-state index in [1.165, 1.54) is 27.8 Å². The number of anilines is 2. The monoisotopic (exact) mass is 378 g/mol. The molecule has 0 aromatic heterocycles. The first kappa shape index (κ1) is 20.9. The Kier molecular flexibility index (Phi) is 7.37. The SMILES string of the molecule is Cc1ccc(C)cc1.Cc1ccccc1CNc1cc(C)c(C)c(N)c1S. The minimum Gasteiger partial charge on any atom is -0.398 e. The Hall–Kier alpha value is -2.39. The van der Waals surface area contributed by atoms with Gasteiger partial charge in [-0.15, -0.1) is 12.6 Å². The Morgan fingerprint density at radius 1 is 0.815 bits per heavy atom. The molecular formula is C24H30N2S. The molecule has 27 heavy (non-hydrogen) atoms. The second-order valence-electron chi connectivity index (χ2n) is 7.06. The maximum Gasteiger partial charge on any atom is 0.0506 e. The summed E-state index contributed by atoms with van der Waals surface area (Å²) in [6, 6.07) is 18.9. The first-order chi connectivity index (χ1) is 12.8. The van der Waals surface area contributed by atoms with Crippen molar-refractivity contribution in [3.8, 4) is 0 Å². The molecule has 0 atom stereocenters. The summed E-state index contributed by atoms with van der Waals surface area (Å²) in [5.74, 6) is 0. The highest BCUT2D eigenvalue weighted by Gasteiger charge is 2.08. The zero-order chi connectivity index (χ0) is 20.0. The maximum absolute atomic E-state index is 6.07. The number of benzene rings is 3. The van der Waals surface area contributed by atoms with Gasteiger partial charge in [-0.25, -0.2) is 0 Å². The van der Waals surface area contributed by atoms with Crippen molar-refractivity contribution >= 4 is 24.0 Å². The molecule has 3 rings (SSSR count). The quantitative estimate of drug-likeness (QED) is 0.364. The molecule has 0 amide bonds. The molecule has 142 valence electrons. The van der Waals surface area contributed by atoms with Crippen molar-refractivity contribution in [2.45, 2.75) is 46.1 Å². The van der Waals surface area contributed by atoms with Crippen LogP contribution < -0.4 is 11.1 Å². The van der Waals surface area contributed by atoms with Crippen molar-refractivity contribution in [2.24, 2.45) is 0 Å². The lowest BCUT2D eigenvalue weighted by atomic mass is 10.1. The van der Waals surface area contributed by atoms with Gasteiger partial charge in [0.2, 0.25) is 0 Å². The molecule has 0 bridgehead atoms. The number of nitrogens with one attached hydrogen (secondary N) is 1. The van der Waals surface area contributed by atoms with E-state index >= 15 is 0 Å². The predicted molar refractivity (Wildman–Crippen MR) is 122 cm³/mol. The Morgan fingerprint density at radius 3 is 1.93 bits per heavy atom. The van der Waals surface area contributed by atoms with Crippen LogP contribution in [0.25, 0.3) is 0 Å². The average Bonchev–Trinajstić information content (AvgIpc) is 2.66. The molecule has 3 aromatic carbocycles. The van der Waals surface area contributed by atoms with Crippen LogP contribution in [0.4, 0.5) is 11.4 Å². The summed E-state index contributed by atoms with van der Waals surface area (Å²) < 4.78 is 0. The zero-order valence-corrected chi connectivity index (χ0v) is 17.8. The molecule has 0 aliphatic rings. The fraction of sp³-hybridized carbons (Fsp3) is 0.250. The summed E-state index contributed by atoms with van der Waals surface area (Å²) in [6.45, 7) is 11.2. The lowest BCUT2D eigenvalue weighted by molar-refractivity contribution is 1.10. The molecule has 0 aliphatic heterocycles. The zero-order valence-electron chi connectivity index (χ0n) is 16.9. The van der Waals surface area contributed by atoms with E-state index in [-0.39, 0.29) is 0 Å². The number of hydrogen-bond donors (Lipinski definition) is 3. The number of hydrogen-bond acceptors (Lipinski definition) is 3. The minimum atomic E-state index is 0.760. The van der Waals surface area contributed by atoms with Crippen molar-refractivity contribution in [1.29, 1.82) is 0 Å². The van der Waals surface area contributed by atoms with Gasteiger partial charge in [0, 0.05) is 6.54 Å². The van der Waals surface area contributed by atoms with Gasteiger partial charge in [-0.3, -0.25) is 0 Å². The molecule has 0 heterocycles. The van der Waals surface area contributed by atoms with Crippen LogP contribution in [0.1, 0.15) is 33.4 Å². The van der Waals surface area contributed by atoms with E-state index in [2.05, 4.69) is 100 Å². The third kappa shape index (κ3) is 5.80. The summed E-state index contributed by atoms with van der Waals surface area (Å²) >= 11 is 4.51. The van der Waals surface area contributed by atoms with Crippen LogP contribution >= 0.6 is 12.6 Å². The van der Waals surface area contributed by atoms with Crippen molar-refractivity contribution in [3.63, 3.8) is 0 Å². The Balaban J connectivity index is 0.000000273. The molecule has 0 aliphatic carbocycles. The molecule has 0 fully saturated rings. The van der Waals surface area contributed by atoms with Crippen molar-refractivity contribution in [1.82, 2.24) is 0 Å². The van der Waals surface area contributed by atoms with Gasteiger partial charge in [0.05, 0.1) is 16.3 Å². The molecule has 0 spiro atoms. The summed E-state index contributed by atoms with van der Waals surface area (Å²) in [5, 5.41) is 3.42. The van der Waals surface area contributed by atoms with E-state index in [0.29, 0.717) is 0 Å². The van der Waals surface area contributed by atoms with Gasteiger partial charge >= 0.3 is 0 Å². The molecule has 0 saturated carbocycles. The topological polar surface area (TPSA) is 38.0 Å². The lowest BCUT2D eigenvalue weighted by Gasteiger charge is -2.15. The van der Waals surface area contributed by atoms with Crippen LogP contribution in [0, 0.1) is 34.6 Å². The minimum absolute atomic E-state index is 0.760. The number of nitrogens with two attached hydrogens (primary N) is 1. The van der Waals surface area contributed by atoms with Gasteiger partial charge in [-0.1, -0.05) is 59.7 Å². The van der Waals surface area contributed by atoms with Gasteiger partial charge in [-0.2, -0.15) is 0 Å². The summed E-state index contributed by atoms with van der Waals surface area (Å²) in [6.07, 6.45) is 0. The van der Waals surface area contributed by atoms with Gasteiger partial charge in [0.15, 0.2) is 0 Å². The van der Waals surface area contributed by atoms with Crippen LogP contribution in [-0.2, 0) is 6.54 Å². The van der Waals surface area contributed by atoms with E-state index < -0.39 is 0 Å². The number of nitrogen functional groups attached to an aromatic ring is 1. The molecule has 2 nitrogen and oxygen atoms in total. The third-order valence-electron chi connectivity index (χ3n) is 4.82. The van der Waals surface area contributed by atoms with E-state index in [4.69, 9.17) is 5.73 Å². The predicted octanol–water partition coefficient (Wildman–Crippen LogP) is 6.40. The number of rotatable bonds is 3. The van der Waals surface area contributed by atoms with Crippen molar-refractivity contribution in [3.05, 3.63) is 88.0 Å². The van der Waals surface area contributed by atoms with E-state index in [9.17, 15) is 0 Å². The van der Waals surface area contributed by atoms with Crippen LogP contribution in [0.2, 0.25) is 0 Å². The number of aryl methyl sites for hydroxylation is 4. The van der Waals surface area contributed by atoms with Gasteiger partial charge in [0.1, 0.15) is 0 Å².